The SMILES string of the molecule is CC(=O)N1CC2CC(c3ccc(CCOc4cccc(C(C)C)c4)cc3)=C(C(=O)N(C)CCc3ccccc3)[C@@H](C1)N2. The number of hydrogen-bond acceptors (Lipinski definition) is 4. The van der Waals surface area contributed by atoms with Crippen molar-refractivity contribution in [3.8, 4) is 5.75 Å². The van der Waals surface area contributed by atoms with E-state index in [4.69, 9.17) is 4.74 Å². The van der Waals surface area contributed by atoms with E-state index >= 15 is 0 Å². The maximum absolute atomic E-state index is 14.0. The summed E-state index contributed by atoms with van der Waals surface area (Å²) in [7, 11) is 1.88. The van der Waals surface area contributed by atoms with Crippen LogP contribution in [0.15, 0.2) is 84.4 Å². The Labute approximate surface area is 250 Å². The minimum Gasteiger partial charge on any atom is -0.493 e. The molecule has 2 aliphatic rings. The normalized spacial score (nSPS) is 18.3. The number of amides is 2. The summed E-state index contributed by atoms with van der Waals surface area (Å²) in [6, 6.07) is 27.1. The van der Waals surface area contributed by atoms with Gasteiger partial charge >= 0.3 is 0 Å². The summed E-state index contributed by atoms with van der Waals surface area (Å²) < 4.78 is 6.06. The lowest BCUT2D eigenvalue weighted by molar-refractivity contribution is -0.132. The third-order valence-corrected chi connectivity index (χ3v) is 8.49. The summed E-state index contributed by atoms with van der Waals surface area (Å²) in [5.41, 5.74) is 6.65. The van der Waals surface area contributed by atoms with E-state index in [1.807, 2.05) is 41.1 Å². The lowest BCUT2D eigenvalue weighted by Crippen LogP contribution is -2.61. The molecular weight excluding hydrogens is 522 g/mol. The number of rotatable bonds is 10. The van der Waals surface area contributed by atoms with Gasteiger partial charge in [0.2, 0.25) is 5.91 Å². The van der Waals surface area contributed by atoms with Gasteiger partial charge in [0.05, 0.1) is 12.6 Å². The molecule has 5 rings (SSSR count). The van der Waals surface area contributed by atoms with Crippen LogP contribution in [-0.2, 0) is 22.4 Å². The summed E-state index contributed by atoms with van der Waals surface area (Å²) in [4.78, 5) is 30.0. The first-order valence-electron chi connectivity index (χ1n) is 15.1. The third kappa shape index (κ3) is 7.11. The molecule has 2 atom stereocenters. The summed E-state index contributed by atoms with van der Waals surface area (Å²) in [5.74, 6) is 1.46. The Kier molecular flexibility index (Phi) is 9.43. The first kappa shape index (κ1) is 29.6. The number of carbonyl (C=O) groups is 2. The molecule has 1 saturated heterocycles. The van der Waals surface area contributed by atoms with Gasteiger partial charge in [-0.25, -0.2) is 0 Å². The van der Waals surface area contributed by atoms with Crippen LogP contribution in [-0.4, -0.2) is 67.0 Å². The molecule has 0 spiro atoms. The third-order valence-electron chi connectivity index (χ3n) is 8.49. The van der Waals surface area contributed by atoms with Gasteiger partial charge in [-0.05, 0) is 58.7 Å². The highest BCUT2D eigenvalue weighted by Crippen LogP contribution is 2.34. The average molecular weight is 566 g/mol. The van der Waals surface area contributed by atoms with Crippen molar-refractivity contribution in [2.75, 3.05) is 33.3 Å². The largest absolute Gasteiger partial charge is 0.493 e. The molecule has 0 aromatic heterocycles. The zero-order valence-corrected chi connectivity index (χ0v) is 25.3. The summed E-state index contributed by atoms with van der Waals surface area (Å²) in [6.07, 6.45) is 2.31. The van der Waals surface area contributed by atoms with Crippen LogP contribution in [0.3, 0.4) is 0 Å². The second-order valence-electron chi connectivity index (χ2n) is 11.9. The fourth-order valence-electron chi connectivity index (χ4n) is 6.00. The van der Waals surface area contributed by atoms with Gasteiger partial charge in [0.25, 0.3) is 5.91 Å². The van der Waals surface area contributed by atoms with Crippen LogP contribution >= 0.6 is 0 Å². The smallest absolute Gasteiger partial charge is 0.251 e. The molecule has 2 amide bonds. The van der Waals surface area contributed by atoms with Crippen molar-refractivity contribution in [2.24, 2.45) is 0 Å². The highest BCUT2D eigenvalue weighted by Gasteiger charge is 2.39. The van der Waals surface area contributed by atoms with Crippen molar-refractivity contribution >= 4 is 17.4 Å². The molecule has 2 bridgehead atoms. The van der Waals surface area contributed by atoms with Crippen LogP contribution in [0.5, 0.6) is 5.75 Å². The van der Waals surface area contributed by atoms with Gasteiger partial charge in [0, 0.05) is 51.6 Å². The number of nitrogens with zero attached hydrogens (tertiary/aromatic N) is 2. The molecule has 3 aromatic carbocycles. The molecule has 6 nitrogen and oxygen atoms in total. The van der Waals surface area contributed by atoms with E-state index in [0.717, 1.165) is 35.3 Å². The maximum Gasteiger partial charge on any atom is 0.251 e. The predicted molar refractivity (Wildman–Crippen MR) is 168 cm³/mol. The van der Waals surface area contributed by atoms with Crippen molar-refractivity contribution < 1.29 is 14.3 Å². The highest BCUT2D eigenvalue weighted by atomic mass is 16.5. The van der Waals surface area contributed by atoms with Gasteiger partial charge in [0.15, 0.2) is 0 Å². The van der Waals surface area contributed by atoms with Crippen LogP contribution in [0.1, 0.15) is 55.4 Å². The molecule has 2 aliphatic heterocycles. The Hall–Kier alpha value is -3.90. The van der Waals surface area contributed by atoms with E-state index < -0.39 is 0 Å². The van der Waals surface area contributed by atoms with Crippen LogP contribution in [0.4, 0.5) is 0 Å². The van der Waals surface area contributed by atoms with Gasteiger partial charge < -0.3 is 19.9 Å². The number of piperazine rings is 1. The van der Waals surface area contributed by atoms with Gasteiger partial charge in [-0.3, -0.25) is 9.59 Å². The van der Waals surface area contributed by atoms with E-state index in [0.29, 0.717) is 38.6 Å². The van der Waals surface area contributed by atoms with Gasteiger partial charge in [-0.2, -0.15) is 0 Å². The van der Waals surface area contributed by atoms with Crippen molar-refractivity contribution in [1.29, 1.82) is 0 Å². The second kappa shape index (κ2) is 13.4. The van der Waals surface area contributed by atoms with Crippen molar-refractivity contribution in [3.05, 3.63) is 107 Å². The number of carbonyl (C=O) groups excluding carboxylic acids is 2. The van der Waals surface area contributed by atoms with Gasteiger partial charge in [-0.15, -0.1) is 0 Å². The number of ether oxygens (including phenoxy) is 1. The summed E-state index contributed by atoms with van der Waals surface area (Å²) in [6.45, 7) is 8.40. The lowest BCUT2D eigenvalue weighted by atomic mass is 9.82. The zero-order chi connectivity index (χ0) is 29.6. The van der Waals surface area contributed by atoms with E-state index in [2.05, 4.69) is 73.8 Å². The minimum absolute atomic E-state index is 0.0309. The molecule has 0 saturated carbocycles. The van der Waals surface area contributed by atoms with Crippen molar-refractivity contribution in [3.63, 3.8) is 0 Å². The predicted octanol–water partition coefficient (Wildman–Crippen LogP) is 5.48. The number of hydrogen-bond donors (Lipinski definition) is 1. The fraction of sp³-hybridized carbons (Fsp3) is 0.389. The van der Waals surface area contributed by atoms with Gasteiger partial charge in [0.1, 0.15) is 5.75 Å². The molecule has 1 fully saturated rings. The van der Waals surface area contributed by atoms with E-state index in [1.165, 1.54) is 16.7 Å². The molecule has 1 unspecified atom stereocenters. The quantitative estimate of drug-likeness (QED) is 0.354. The molecule has 3 aromatic rings. The summed E-state index contributed by atoms with van der Waals surface area (Å²) in [5, 5.41) is 3.65. The van der Waals surface area contributed by atoms with Crippen LogP contribution in [0.2, 0.25) is 0 Å². The average Bonchev–Trinajstić information content (AvgIpc) is 3.00. The standard InChI is InChI=1S/C36H43N3O3/c1-25(2)30-11-8-12-32(21-30)42-20-18-28-13-15-29(16-14-28)33-22-31-23-39(26(3)40)24-34(37-31)35(33)36(41)38(4)19-17-27-9-6-5-7-10-27/h5-16,21,25,31,34,37H,17-20,22-24H2,1-4H3/t31?,34-/m1/s1. The lowest BCUT2D eigenvalue weighted by Gasteiger charge is -2.44. The second-order valence-corrected chi connectivity index (χ2v) is 11.9. The number of benzene rings is 3. The number of nitrogens with one attached hydrogen (secondary N) is 1. The Morgan fingerprint density at radius 1 is 0.952 bits per heavy atom. The molecule has 2 heterocycles. The topological polar surface area (TPSA) is 61.9 Å². The Morgan fingerprint density at radius 2 is 1.69 bits per heavy atom. The van der Waals surface area contributed by atoms with Gasteiger partial charge in [-0.1, -0.05) is 80.6 Å². The monoisotopic (exact) mass is 565 g/mol. The molecule has 220 valence electrons. The Balaban J connectivity index is 1.32. The van der Waals surface area contributed by atoms with Crippen LogP contribution < -0.4 is 10.1 Å². The van der Waals surface area contributed by atoms with E-state index in [9.17, 15) is 9.59 Å². The summed E-state index contributed by atoms with van der Waals surface area (Å²) >= 11 is 0. The fourth-order valence-corrected chi connectivity index (χ4v) is 6.00. The Morgan fingerprint density at radius 3 is 2.40 bits per heavy atom. The molecule has 42 heavy (non-hydrogen) atoms. The molecular formula is C36H43N3O3. The van der Waals surface area contributed by atoms with E-state index in [1.54, 1.807) is 6.92 Å². The first-order valence-corrected chi connectivity index (χ1v) is 15.1. The maximum atomic E-state index is 14.0. The van der Waals surface area contributed by atoms with Crippen molar-refractivity contribution in [1.82, 2.24) is 15.1 Å². The Bertz CT molecular complexity index is 1410. The van der Waals surface area contributed by atoms with E-state index in [-0.39, 0.29) is 23.9 Å². The molecule has 1 N–H and O–H groups in total. The number of fused-ring (bicyclic) bond motifs is 2. The molecule has 0 radical (unpaired) electrons. The van der Waals surface area contributed by atoms with Crippen LogP contribution in [0.25, 0.3) is 5.57 Å². The van der Waals surface area contributed by atoms with Crippen molar-refractivity contribution in [2.45, 2.75) is 58.0 Å². The van der Waals surface area contributed by atoms with Crippen LogP contribution in [0, 0.1) is 0 Å². The first-order chi connectivity index (χ1) is 20.3. The number of likely N-dealkylation sites (N-methyl/N-ethyl adjacent to an activating group) is 1. The minimum atomic E-state index is -0.183. The zero-order valence-electron chi connectivity index (χ0n) is 25.3. The highest BCUT2D eigenvalue weighted by molar-refractivity contribution is 6.03. The molecule has 6 heteroatoms. The molecule has 0 aliphatic carbocycles.